The fourth-order valence-electron chi connectivity index (χ4n) is 6.49. The molecule has 3 aliphatic rings. The van der Waals surface area contributed by atoms with E-state index in [1.165, 1.54) is 22.1 Å². The molecule has 0 bridgehead atoms. The third kappa shape index (κ3) is 5.79. The normalized spacial score (nSPS) is 18.2. The van der Waals surface area contributed by atoms with Crippen LogP contribution in [0.15, 0.2) is 39.9 Å². The summed E-state index contributed by atoms with van der Waals surface area (Å²) in [5.74, 6) is -0.514. The zero-order chi connectivity index (χ0) is 31.3. The second-order valence-electron chi connectivity index (χ2n) is 12.8. The predicted molar refractivity (Wildman–Crippen MR) is 164 cm³/mol. The number of amides is 3. The number of anilines is 1. The number of Topliss-reactive ketones (excluding diaryl/α,β-unsaturated/α-hetero) is 1. The van der Waals surface area contributed by atoms with Gasteiger partial charge in [-0.1, -0.05) is 12.1 Å². The molecule has 10 nitrogen and oxygen atoms in total. The summed E-state index contributed by atoms with van der Waals surface area (Å²) < 4.78 is 18.0. The van der Waals surface area contributed by atoms with Gasteiger partial charge in [-0.2, -0.15) is 0 Å². The Kier molecular flexibility index (Phi) is 7.89. The van der Waals surface area contributed by atoms with Gasteiger partial charge >= 0.3 is 11.7 Å². The molecule has 2 aliphatic heterocycles. The number of likely N-dealkylation sites (tertiary alicyclic amines) is 1. The van der Waals surface area contributed by atoms with Gasteiger partial charge in [-0.05, 0) is 74.6 Å². The highest BCUT2D eigenvalue weighted by Crippen LogP contribution is 2.31. The number of benzene rings is 2. The smallest absolute Gasteiger partial charge is 0.331 e. The molecule has 2 fully saturated rings. The summed E-state index contributed by atoms with van der Waals surface area (Å²) in [5.41, 5.74) is 1.78. The summed E-state index contributed by atoms with van der Waals surface area (Å²) in [4.78, 5) is 68.1. The summed E-state index contributed by atoms with van der Waals surface area (Å²) >= 11 is 0. The van der Waals surface area contributed by atoms with Crippen LogP contribution in [0.4, 0.5) is 14.9 Å². The van der Waals surface area contributed by atoms with Crippen molar-refractivity contribution in [2.75, 3.05) is 18.4 Å². The number of piperidine rings is 1. The molecular formula is C33H38FN5O5. The van der Waals surface area contributed by atoms with Crippen molar-refractivity contribution in [2.45, 2.75) is 78.6 Å². The maximum atomic E-state index is 15.4. The standard InChI is InChI=1S/C33H38FN5O5/c1-19(2)39-29-14-27(34)28(13-26(29)31(42)38(33(39)44)16-21-6-7-21)35-32(43)36-10-4-5-22(15-36)11-30(41)23-8-9-24-17-37(20(3)40)18-25(24)12-23/h8-9,12-14,19,21-22H,4-7,10-11,15-18H2,1-3H3,(H,35,43). The van der Waals surface area contributed by atoms with Crippen molar-refractivity contribution < 1.29 is 18.8 Å². The van der Waals surface area contributed by atoms with E-state index < -0.39 is 23.1 Å². The third-order valence-electron chi connectivity index (χ3n) is 9.13. The van der Waals surface area contributed by atoms with Gasteiger partial charge in [0.25, 0.3) is 5.56 Å². The Labute approximate surface area is 254 Å². The molecule has 3 amide bonds. The molecule has 44 heavy (non-hydrogen) atoms. The second kappa shape index (κ2) is 11.7. The molecule has 0 spiro atoms. The SMILES string of the molecule is CC(=O)N1Cc2ccc(C(=O)CC3CCCN(C(=O)Nc4cc5c(=O)n(CC6CC6)c(=O)n(C(C)C)c5cc4F)C3)cc2C1. The van der Waals surface area contributed by atoms with Gasteiger partial charge in [0.2, 0.25) is 5.91 Å². The number of halogens is 1. The average molecular weight is 604 g/mol. The van der Waals surface area contributed by atoms with Crippen LogP contribution < -0.4 is 16.6 Å². The zero-order valence-electron chi connectivity index (χ0n) is 25.4. The molecule has 1 atom stereocenters. The molecule has 2 aromatic carbocycles. The van der Waals surface area contributed by atoms with E-state index >= 15 is 4.39 Å². The second-order valence-corrected chi connectivity index (χ2v) is 12.8. The van der Waals surface area contributed by atoms with E-state index in [2.05, 4.69) is 5.32 Å². The van der Waals surface area contributed by atoms with Crippen LogP contribution in [-0.2, 0) is 24.4 Å². The molecular weight excluding hydrogens is 565 g/mol. The summed E-state index contributed by atoms with van der Waals surface area (Å²) in [7, 11) is 0. The highest BCUT2D eigenvalue weighted by Gasteiger charge is 2.29. The molecule has 3 aromatic rings. The Morgan fingerprint density at radius 1 is 0.977 bits per heavy atom. The maximum absolute atomic E-state index is 15.4. The lowest BCUT2D eigenvalue weighted by Gasteiger charge is -2.32. The van der Waals surface area contributed by atoms with E-state index in [4.69, 9.17) is 0 Å². The zero-order valence-corrected chi connectivity index (χ0v) is 25.4. The molecule has 0 radical (unpaired) electrons. The van der Waals surface area contributed by atoms with Crippen molar-refractivity contribution in [1.82, 2.24) is 18.9 Å². The largest absolute Gasteiger partial charge is 0.334 e. The first-order valence-electron chi connectivity index (χ1n) is 15.4. The molecule has 1 unspecified atom stereocenters. The van der Waals surface area contributed by atoms with Crippen LogP contribution in [0.1, 0.15) is 80.4 Å². The van der Waals surface area contributed by atoms with E-state index in [0.717, 1.165) is 36.5 Å². The fraction of sp³-hybridized carbons (Fsp3) is 0.485. The Hall–Kier alpha value is -4.28. The summed E-state index contributed by atoms with van der Waals surface area (Å²) in [6.45, 7) is 7.35. The molecule has 1 saturated heterocycles. The van der Waals surface area contributed by atoms with Gasteiger partial charge in [0.15, 0.2) is 5.78 Å². The van der Waals surface area contributed by atoms with Crippen LogP contribution in [0.5, 0.6) is 0 Å². The van der Waals surface area contributed by atoms with Crippen molar-refractivity contribution in [3.05, 3.63) is 73.7 Å². The van der Waals surface area contributed by atoms with Crippen molar-refractivity contribution in [1.29, 1.82) is 0 Å². The topological polar surface area (TPSA) is 114 Å². The van der Waals surface area contributed by atoms with Gasteiger partial charge in [0.1, 0.15) is 5.82 Å². The number of ketones is 1. The van der Waals surface area contributed by atoms with Gasteiger partial charge in [0, 0.05) is 63.7 Å². The van der Waals surface area contributed by atoms with Crippen LogP contribution in [0.25, 0.3) is 10.9 Å². The summed E-state index contributed by atoms with van der Waals surface area (Å²) in [5, 5.41) is 2.82. The fourth-order valence-corrected chi connectivity index (χ4v) is 6.49. The monoisotopic (exact) mass is 603 g/mol. The Balaban J connectivity index is 1.17. The first kappa shape index (κ1) is 29.8. The molecule has 11 heteroatoms. The lowest BCUT2D eigenvalue weighted by molar-refractivity contribution is -0.129. The van der Waals surface area contributed by atoms with Crippen molar-refractivity contribution in [3.63, 3.8) is 0 Å². The molecule has 1 saturated carbocycles. The van der Waals surface area contributed by atoms with E-state index in [1.54, 1.807) is 15.9 Å². The van der Waals surface area contributed by atoms with E-state index in [0.29, 0.717) is 44.7 Å². The molecule has 1 aliphatic carbocycles. The molecule has 1 N–H and O–H groups in total. The Morgan fingerprint density at radius 3 is 2.43 bits per heavy atom. The molecule has 6 rings (SSSR count). The quantitative estimate of drug-likeness (QED) is 0.395. The number of carbonyl (C=O) groups excluding carboxylic acids is 3. The van der Waals surface area contributed by atoms with Crippen molar-refractivity contribution >= 4 is 34.3 Å². The maximum Gasteiger partial charge on any atom is 0.331 e. The highest BCUT2D eigenvalue weighted by molar-refractivity contribution is 5.97. The lowest BCUT2D eigenvalue weighted by atomic mass is 9.90. The minimum atomic E-state index is -0.734. The molecule has 232 valence electrons. The third-order valence-corrected chi connectivity index (χ3v) is 9.13. The number of hydrogen-bond donors (Lipinski definition) is 1. The number of carbonyl (C=O) groups is 3. The van der Waals surface area contributed by atoms with E-state index in [1.807, 2.05) is 26.0 Å². The van der Waals surface area contributed by atoms with Crippen molar-refractivity contribution in [2.24, 2.45) is 11.8 Å². The first-order chi connectivity index (χ1) is 21.0. The summed E-state index contributed by atoms with van der Waals surface area (Å²) in [6.07, 6.45) is 3.69. The van der Waals surface area contributed by atoms with Crippen LogP contribution in [0.3, 0.4) is 0 Å². The molecule has 1 aromatic heterocycles. The number of urea groups is 1. The average Bonchev–Trinajstić information content (AvgIpc) is 3.70. The molecule has 3 heterocycles. The number of fused-ring (bicyclic) bond motifs is 2. The van der Waals surface area contributed by atoms with Crippen LogP contribution >= 0.6 is 0 Å². The van der Waals surface area contributed by atoms with Gasteiger partial charge < -0.3 is 15.1 Å². The Morgan fingerprint density at radius 2 is 1.73 bits per heavy atom. The minimum Gasteiger partial charge on any atom is -0.334 e. The van der Waals surface area contributed by atoms with Gasteiger partial charge in [0.05, 0.1) is 16.6 Å². The number of nitrogens with zero attached hydrogens (tertiary/aromatic N) is 4. The predicted octanol–water partition coefficient (Wildman–Crippen LogP) is 4.67. The number of nitrogens with one attached hydrogen (secondary N) is 1. The van der Waals surface area contributed by atoms with Crippen LogP contribution in [0.2, 0.25) is 0 Å². The van der Waals surface area contributed by atoms with Crippen LogP contribution in [-0.4, -0.2) is 49.7 Å². The van der Waals surface area contributed by atoms with Gasteiger partial charge in [-0.25, -0.2) is 14.0 Å². The van der Waals surface area contributed by atoms with Crippen molar-refractivity contribution in [3.8, 4) is 0 Å². The van der Waals surface area contributed by atoms with E-state index in [-0.39, 0.29) is 52.6 Å². The number of aromatic nitrogens is 2. The highest BCUT2D eigenvalue weighted by atomic mass is 19.1. The lowest BCUT2D eigenvalue weighted by Crippen LogP contribution is -2.43. The van der Waals surface area contributed by atoms with Gasteiger partial charge in [-0.15, -0.1) is 0 Å². The van der Waals surface area contributed by atoms with Crippen LogP contribution in [0, 0.1) is 17.7 Å². The minimum absolute atomic E-state index is 0.000279. The summed E-state index contributed by atoms with van der Waals surface area (Å²) in [6, 6.07) is 7.27. The Bertz CT molecular complexity index is 1790. The number of rotatable bonds is 7. The first-order valence-corrected chi connectivity index (χ1v) is 15.4. The number of hydrogen-bond acceptors (Lipinski definition) is 5. The van der Waals surface area contributed by atoms with E-state index in [9.17, 15) is 24.0 Å². The van der Waals surface area contributed by atoms with Gasteiger partial charge in [-0.3, -0.25) is 23.5 Å².